The Morgan fingerprint density at radius 1 is 1.11 bits per heavy atom. The molecule has 18 heavy (non-hydrogen) atoms. The van der Waals surface area contributed by atoms with Crippen LogP contribution in [-0.4, -0.2) is 11.7 Å². The quantitative estimate of drug-likeness (QED) is 0.842. The zero-order chi connectivity index (χ0) is 13.0. The first kappa shape index (κ1) is 14.1. The second-order valence-corrected chi connectivity index (χ2v) is 7.27. The van der Waals surface area contributed by atoms with E-state index < -0.39 is 0 Å². The van der Waals surface area contributed by atoms with Crippen LogP contribution in [0.1, 0.15) is 10.4 Å². The van der Waals surface area contributed by atoms with Crippen LogP contribution in [0.15, 0.2) is 40.2 Å². The van der Waals surface area contributed by atoms with Crippen molar-refractivity contribution in [2.75, 3.05) is 6.61 Å². The predicted molar refractivity (Wildman–Crippen MR) is 81.5 cm³/mol. The number of halogens is 2. The van der Waals surface area contributed by atoms with Gasteiger partial charge in [-0.05, 0) is 64.5 Å². The Balaban J connectivity index is 1.99. The average Bonchev–Trinajstić information content (AvgIpc) is 2.77. The van der Waals surface area contributed by atoms with E-state index in [9.17, 15) is 5.11 Å². The zero-order valence-electron chi connectivity index (χ0n) is 9.77. The van der Waals surface area contributed by atoms with Crippen LogP contribution in [0.3, 0.4) is 0 Å². The number of hydrogen-bond donors (Lipinski definition) is 1. The summed E-state index contributed by atoms with van der Waals surface area (Å²) >= 11 is 11.1. The molecule has 2 rings (SSSR count). The smallest absolute Gasteiger partial charge is 0.0701 e. The molecule has 0 aliphatic carbocycles. The van der Waals surface area contributed by atoms with Crippen molar-refractivity contribution in [3.8, 4) is 0 Å². The summed E-state index contributed by atoms with van der Waals surface area (Å²) < 4.78 is 1.14. The molecule has 1 N–H and O–H groups in total. The number of rotatable bonds is 5. The first-order chi connectivity index (χ1) is 8.67. The van der Waals surface area contributed by atoms with Crippen LogP contribution in [0.4, 0.5) is 0 Å². The lowest BCUT2D eigenvalue weighted by Crippen LogP contribution is -2.12. The lowest BCUT2D eigenvalue weighted by atomic mass is 9.96. The van der Waals surface area contributed by atoms with Crippen molar-refractivity contribution in [1.82, 2.24) is 0 Å². The highest BCUT2D eigenvalue weighted by atomic mass is 79.9. The maximum absolute atomic E-state index is 9.48. The Labute approximate surface area is 125 Å². The molecule has 0 radical (unpaired) electrons. The van der Waals surface area contributed by atoms with Crippen LogP contribution in [0.25, 0.3) is 0 Å². The highest BCUT2D eigenvalue weighted by molar-refractivity contribution is 9.11. The summed E-state index contributed by atoms with van der Waals surface area (Å²) in [6, 6.07) is 12.0. The van der Waals surface area contributed by atoms with Gasteiger partial charge < -0.3 is 5.11 Å². The summed E-state index contributed by atoms with van der Waals surface area (Å²) in [7, 11) is 0. The molecule has 0 bridgehead atoms. The summed E-state index contributed by atoms with van der Waals surface area (Å²) in [6.45, 7) is 0.206. The molecule has 0 spiro atoms. The molecule has 0 saturated carbocycles. The fraction of sp³-hybridized carbons (Fsp3) is 0.286. The third-order valence-electron chi connectivity index (χ3n) is 2.81. The Bertz CT molecular complexity index is 495. The molecule has 0 saturated heterocycles. The van der Waals surface area contributed by atoms with E-state index in [-0.39, 0.29) is 12.5 Å². The van der Waals surface area contributed by atoms with Gasteiger partial charge in [0.25, 0.3) is 0 Å². The van der Waals surface area contributed by atoms with Crippen molar-refractivity contribution in [3.05, 3.63) is 55.6 Å². The highest BCUT2D eigenvalue weighted by Gasteiger charge is 2.11. The molecule has 1 atom stereocenters. The van der Waals surface area contributed by atoms with E-state index >= 15 is 0 Å². The largest absolute Gasteiger partial charge is 0.396 e. The normalized spacial score (nSPS) is 12.6. The maximum Gasteiger partial charge on any atom is 0.0701 e. The van der Waals surface area contributed by atoms with E-state index in [1.54, 1.807) is 11.3 Å². The van der Waals surface area contributed by atoms with Crippen molar-refractivity contribution in [3.63, 3.8) is 0 Å². The van der Waals surface area contributed by atoms with Gasteiger partial charge in [0.15, 0.2) is 0 Å². The predicted octanol–water partition coefficient (Wildman–Crippen LogP) is 4.56. The zero-order valence-corrected chi connectivity index (χ0v) is 12.9. The van der Waals surface area contributed by atoms with Gasteiger partial charge in [0, 0.05) is 16.5 Å². The minimum atomic E-state index is 0.206. The minimum Gasteiger partial charge on any atom is -0.396 e. The summed E-state index contributed by atoms with van der Waals surface area (Å²) in [4.78, 5) is 1.30. The van der Waals surface area contributed by atoms with Crippen LogP contribution in [0.2, 0.25) is 5.02 Å². The Kier molecular flexibility index (Phi) is 5.25. The van der Waals surface area contributed by atoms with Crippen molar-refractivity contribution >= 4 is 38.9 Å². The average molecular weight is 346 g/mol. The number of aliphatic hydroxyl groups is 1. The lowest BCUT2D eigenvalue weighted by molar-refractivity contribution is 0.225. The van der Waals surface area contributed by atoms with Gasteiger partial charge in [0.1, 0.15) is 0 Å². The number of benzene rings is 1. The monoisotopic (exact) mass is 344 g/mol. The van der Waals surface area contributed by atoms with E-state index in [1.165, 1.54) is 10.4 Å². The van der Waals surface area contributed by atoms with Crippen LogP contribution < -0.4 is 0 Å². The fourth-order valence-electron chi connectivity index (χ4n) is 1.90. The molecular weight excluding hydrogens is 332 g/mol. The van der Waals surface area contributed by atoms with Crippen LogP contribution in [-0.2, 0) is 12.8 Å². The standard InChI is InChI=1S/C14H14BrClOS/c15-14-6-5-13(18-14)8-11(9-17)7-10-1-3-12(16)4-2-10/h1-6,11,17H,7-9H2. The molecule has 1 aromatic heterocycles. The molecule has 1 aromatic carbocycles. The Morgan fingerprint density at radius 2 is 1.83 bits per heavy atom. The van der Waals surface area contributed by atoms with Crippen molar-refractivity contribution in [2.45, 2.75) is 12.8 Å². The Hall–Kier alpha value is -0.350. The number of hydrogen-bond acceptors (Lipinski definition) is 2. The minimum absolute atomic E-state index is 0.206. The molecule has 4 heteroatoms. The van der Waals surface area contributed by atoms with Gasteiger partial charge in [-0.25, -0.2) is 0 Å². The first-order valence-electron chi connectivity index (χ1n) is 5.77. The maximum atomic E-state index is 9.48. The molecule has 0 fully saturated rings. The second kappa shape index (κ2) is 6.71. The van der Waals surface area contributed by atoms with Crippen LogP contribution >= 0.6 is 38.9 Å². The lowest BCUT2D eigenvalue weighted by Gasteiger charge is -2.13. The fourth-order valence-corrected chi connectivity index (χ4v) is 3.62. The van der Waals surface area contributed by atoms with E-state index in [4.69, 9.17) is 11.6 Å². The van der Waals surface area contributed by atoms with E-state index in [0.717, 1.165) is 21.7 Å². The third-order valence-corrected chi connectivity index (χ3v) is 4.71. The van der Waals surface area contributed by atoms with Crippen LogP contribution in [0, 0.1) is 5.92 Å². The van der Waals surface area contributed by atoms with E-state index in [0.29, 0.717) is 0 Å². The van der Waals surface area contributed by atoms with Gasteiger partial charge in [0.05, 0.1) is 3.79 Å². The molecule has 0 amide bonds. The molecule has 0 aliphatic rings. The van der Waals surface area contributed by atoms with Gasteiger partial charge in [-0.15, -0.1) is 11.3 Å². The highest BCUT2D eigenvalue weighted by Crippen LogP contribution is 2.25. The molecular formula is C14H14BrClOS. The van der Waals surface area contributed by atoms with Gasteiger partial charge in [-0.1, -0.05) is 23.7 Å². The molecule has 1 heterocycles. The van der Waals surface area contributed by atoms with Gasteiger partial charge in [-0.2, -0.15) is 0 Å². The SMILES string of the molecule is OCC(Cc1ccc(Cl)cc1)Cc1ccc(Br)s1. The topological polar surface area (TPSA) is 20.2 Å². The van der Waals surface area contributed by atoms with Crippen molar-refractivity contribution in [1.29, 1.82) is 0 Å². The van der Waals surface area contributed by atoms with Gasteiger partial charge >= 0.3 is 0 Å². The van der Waals surface area contributed by atoms with Crippen molar-refractivity contribution < 1.29 is 5.11 Å². The Morgan fingerprint density at radius 3 is 2.39 bits per heavy atom. The van der Waals surface area contributed by atoms with Crippen LogP contribution in [0.5, 0.6) is 0 Å². The molecule has 1 unspecified atom stereocenters. The third kappa shape index (κ3) is 4.09. The van der Waals surface area contributed by atoms with E-state index in [2.05, 4.69) is 28.1 Å². The summed E-state index contributed by atoms with van der Waals surface area (Å²) in [5.74, 6) is 0.261. The van der Waals surface area contributed by atoms with E-state index in [1.807, 2.05) is 24.3 Å². The summed E-state index contributed by atoms with van der Waals surface area (Å²) in [6.07, 6.45) is 1.79. The van der Waals surface area contributed by atoms with Gasteiger partial charge in [-0.3, -0.25) is 0 Å². The summed E-state index contributed by atoms with van der Waals surface area (Å²) in [5.41, 5.74) is 1.22. The second-order valence-electron chi connectivity index (χ2n) is 4.29. The first-order valence-corrected chi connectivity index (χ1v) is 7.75. The number of aliphatic hydroxyl groups excluding tert-OH is 1. The molecule has 96 valence electrons. The molecule has 1 nitrogen and oxygen atoms in total. The number of thiophene rings is 1. The summed E-state index contributed by atoms with van der Waals surface area (Å²) in [5, 5.41) is 10.2. The van der Waals surface area contributed by atoms with Gasteiger partial charge in [0.2, 0.25) is 0 Å². The molecule has 0 aliphatic heterocycles. The molecule has 2 aromatic rings. The van der Waals surface area contributed by atoms with Crippen molar-refractivity contribution in [2.24, 2.45) is 5.92 Å².